The van der Waals surface area contributed by atoms with Gasteiger partial charge in [-0.05, 0) is 167 Å². The summed E-state index contributed by atoms with van der Waals surface area (Å²) in [4.78, 5) is 4.78. The van der Waals surface area contributed by atoms with Gasteiger partial charge in [-0.25, -0.2) is 0 Å². The maximum absolute atomic E-state index is 2.42. The van der Waals surface area contributed by atoms with Gasteiger partial charge in [-0.2, -0.15) is 0 Å². The van der Waals surface area contributed by atoms with Gasteiger partial charge in [-0.15, -0.1) is 11.3 Å². The lowest BCUT2D eigenvalue weighted by Crippen LogP contribution is -2.10. The van der Waals surface area contributed by atoms with Crippen LogP contribution >= 0.6 is 11.3 Å². The Morgan fingerprint density at radius 3 is 1.13 bits per heavy atom. The van der Waals surface area contributed by atoms with Gasteiger partial charge in [0.05, 0.1) is 5.69 Å². The third-order valence-electron chi connectivity index (χ3n) is 15.6. The summed E-state index contributed by atoms with van der Waals surface area (Å²) in [6.45, 7) is 0. The van der Waals surface area contributed by atoms with Gasteiger partial charge in [0, 0.05) is 54.0 Å². The van der Waals surface area contributed by atoms with Crippen molar-refractivity contribution in [3.63, 3.8) is 0 Å². The van der Waals surface area contributed by atoms with Crippen molar-refractivity contribution in [3.05, 3.63) is 291 Å². The summed E-state index contributed by atoms with van der Waals surface area (Å²) in [6, 6.07) is 107. The molecule has 0 aliphatic heterocycles. The number of benzene rings is 14. The van der Waals surface area contributed by atoms with Crippen molar-refractivity contribution in [1.82, 2.24) is 0 Å². The van der Waals surface area contributed by atoms with Gasteiger partial charge >= 0.3 is 0 Å². The predicted octanol–water partition coefficient (Wildman–Crippen LogP) is 21.8. The Morgan fingerprint density at radius 1 is 0.195 bits per heavy atom. The first-order valence-corrected chi connectivity index (χ1v) is 27.2. The average molecular weight is 997 g/mol. The number of thiophene rings is 1. The van der Waals surface area contributed by atoms with Crippen LogP contribution in [0.2, 0.25) is 0 Å². The summed E-state index contributed by atoms with van der Waals surface area (Å²) in [7, 11) is 0. The van der Waals surface area contributed by atoms with Gasteiger partial charge in [-0.3, -0.25) is 0 Å². The van der Waals surface area contributed by atoms with Crippen molar-refractivity contribution in [2.75, 3.05) is 9.80 Å². The standard InChI is InChI=1S/C74H48N2S/c1-3-17-52(18-4-1)76(53-19-5-2-6-20-53)72-45-44-58(62-23-13-14-28-68(62)72)50-33-38-55(39-34-50)75(56-40-41-67-65-26-10-9-24-63(65)64-25-11-12-27-66(64)70(67)48-56)54-36-31-49(32-37-54)57-42-43-59(61-22-8-7-21-60(57)61)51-35-46-74-71(47-51)69-29-15-16-30-73(69)77-74/h1-48H. The van der Waals surface area contributed by atoms with Gasteiger partial charge < -0.3 is 9.80 Å². The molecule has 0 spiro atoms. The van der Waals surface area contributed by atoms with E-state index in [-0.39, 0.29) is 0 Å². The van der Waals surface area contributed by atoms with Gasteiger partial charge in [0.25, 0.3) is 0 Å². The van der Waals surface area contributed by atoms with E-state index in [2.05, 4.69) is 301 Å². The van der Waals surface area contributed by atoms with Crippen LogP contribution in [0.5, 0.6) is 0 Å². The molecule has 15 rings (SSSR count). The van der Waals surface area contributed by atoms with Crippen LogP contribution in [0, 0.1) is 0 Å². The number of rotatable bonds is 9. The van der Waals surface area contributed by atoms with Crippen LogP contribution in [0.3, 0.4) is 0 Å². The zero-order valence-electron chi connectivity index (χ0n) is 42.0. The fraction of sp³-hybridized carbons (Fsp3) is 0. The fourth-order valence-corrected chi connectivity index (χ4v) is 13.2. The summed E-state index contributed by atoms with van der Waals surface area (Å²) >= 11 is 1.86. The first-order valence-electron chi connectivity index (χ1n) is 26.4. The molecule has 0 saturated heterocycles. The third kappa shape index (κ3) is 7.62. The molecule has 14 aromatic carbocycles. The second-order valence-corrected chi connectivity index (χ2v) is 21.0. The molecule has 1 aromatic heterocycles. The highest BCUT2D eigenvalue weighted by Gasteiger charge is 2.20. The van der Waals surface area contributed by atoms with Crippen LogP contribution in [-0.2, 0) is 0 Å². The molecule has 0 N–H and O–H groups in total. The van der Waals surface area contributed by atoms with Crippen LogP contribution in [-0.4, -0.2) is 0 Å². The molecule has 0 saturated carbocycles. The lowest BCUT2D eigenvalue weighted by molar-refractivity contribution is 1.29. The van der Waals surface area contributed by atoms with Gasteiger partial charge in [0.2, 0.25) is 0 Å². The lowest BCUT2D eigenvalue weighted by atomic mass is 9.91. The molecule has 360 valence electrons. The van der Waals surface area contributed by atoms with Crippen LogP contribution in [0.25, 0.3) is 107 Å². The van der Waals surface area contributed by atoms with E-state index in [1.54, 1.807) is 0 Å². The maximum Gasteiger partial charge on any atom is 0.0540 e. The van der Waals surface area contributed by atoms with Crippen LogP contribution in [0.1, 0.15) is 0 Å². The molecule has 0 aliphatic rings. The molecule has 1 heterocycles. The number of para-hydroxylation sites is 2. The smallest absolute Gasteiger partial charge is 0.0540 e. The number of hydrogen-bond donors (Lipinski definition) is 0. The van der Waals surface area contributed by atoms with E-state index in [1.165, 1.54) is 102 Å². The quantitative estimate of drug-likeness (QED) is 0.133. The molecule has 0 bridgehead atoms. The number of fused-ring (bicyclic) bond motifs is 11. The molecule has 0 amide bonds. The van der Waals surface area contributed by atoms with Crippen molar-refractivity contribution in [2.45, 2.75) is 0 Å². The molecule has 0 aliphatic carbocycles. The minimum absolute atomic E-state index is 1.08. The summed E-state index contributed by atoms with van der Waals surface area (Å²) in [5.41, 5.74) is 13.9. The maximum atomic E-state index is 2.42. The lowest BCUT2D eigenvalue weighted by Gasteiger charge is -2.28. The van der Waals surface area contributed by atoms with Crippen molar-refractivity contribution in [2.24, 2.45) is 0 Å². The molecule has 3 heteroatoms. The average Bonchev–Trinajstić information content (AvgIpc) is 3.92. The molecule has 0 fully saturated rings. The Balaban J connectivity index is 0.845. The molecule has 0 unspecified atom stereocenters. The van der Waals surface area contributed by atoms with E-state index in [0.29, 0.717) is 0 Å². The fourth-order valence-electron chi connectivity index (χ4n) is 12.1. The van der Waals surface area contributed by atoms with Gasteiger partial charge in [-0.1, -0.05) is 206 Å². The van der Waals surface area contributed by atoms with E-state index in [9.17, 15) is 0 Å². The Bertz CT molecular complexity index is 4660. The molecular formula is C74H48N2S. The Labute approximate surface area is 451 Å². The predicted molar refractivity (Wildman–Crippen MR) is 333 cm³/mol. The van der Waals surface area contributed by atoms with Crippen LogP contribution < -0.4 is 9.80 Å². The highest BCUT2D eigenvalue weighted by molar-refractivity contribution is 7.25. The minimum atomic E-state index is 1.08. The first kappa shape index (κ1) is 44.7. The van der Waals surface area contributed by atoms with E-state index in [1.807, 2.05) is 11.3 Å². The zero-order chi connectivity index (χ0) is 50.8. The van der Waals surface area contributed by atoms with Crippen molar-refractivity contribution < 1.29 is 0 Å². The Morgan fingerprint density at radius 2 is 0.571 bits per heavy atom. The monoisotopic (exact) mass is 996 g/mol. The number of nitrogens with zero attached hydrogens (tertiary/aromatic N) is 2. The third-order valence-corrected chi connectivity index (χ3v) is 16.8. The van der Waals surface area contributed by atoms with E-state index >= 15 is 0 Å². The van der Waals surface area contributed by atoms with Gasteiger partial charge in [0.1, 0.15) is 0 Å². The molecule has 15 aromatic rings. The SMILES string of the molecule is c1ccc(N(c2ccccc2)c2ccc(-c3ccc(N(c4ccc(-c5ccc(-c6ccc7sc8ccccc8c7c6)c6ccccc56)cc4)c4ccc5c6ccccc6c6ccccc6c5c4)cc3)c3ccccc23)cc1. The van der Waals surface area contributed by atoms with Crippen molar-refractivity contribution >= 4 is 119 Å². The molecule has 77 heavy (non-hydrogen) atoms. The summed E-state index contributed by atoms with van der Waals surface area (Å²) < 4.78 is 2.65. The van der Waals surface area contributed by atoms with E-state index in [0.717, 1.165) is 39.7 Å². The second-order valence-electron chi connectivity index (χ2n) is 19.9. The minimum Gasteiger partial charge on any atom is -0.310 e. The summed E-state index contributed by atoms with van der Waals surface area (Å²) in [5.74, 6) is 0. The van der Waals surface area contributed by atoms with Crippen molar-refractivity contribution in [3.8, 4) is 33.4 Å². The largest absolute Gasteiger partial charge is 0.310 e. The highest BCUT2D eigenvalue weighted by Crippen LogP contribution is 2.46. The molecular weight excluding hydrogens is 949 g/mol. The number of hydrogen-bond acceptors (Lipinski definition) is 3. The molecule has 2 nitrogen and oxygen atoms in total. The van der Waals surface area contributed by atoms with E-state index < -0.39 is 0 Å². The highest BCUT2D eigenvalue weighted by atomic mass is 32.1. The number of anilines is 6. The van der Waals surface area contributed by atoms with Gasteiger partial charge in [0.15, 0.2) is 0 Å². The summed E-state index contributed by atoms with van der Waals surface area (Å²) in [5, 5.41) is 15.1. The van der Waals surface area contributed by atoms with E-state index in [4.69, 9.17) is 0 Å². The van der Waals surface area contributed by atoms with Crippen LogP contribution in [0.4, 0.5) is 34.1 Å². The molecule has 0 radical (unpaired) electrons. The zero-order valence-corrected chi connectivity index (χ0v) is 42.8. The summed E-state index contributed by atoms with van der Waals surface area (Å²) in [6.07, 6.45) is 0. The Hall–Kier alpha value is -9.80. The normalized spacial score (nSPS) is 11.6. The second kappa shape index (κ2) is 18.5. The first-order chi connectivity index (χ1) is 38.2. The van der Waals surface area contributed by atoms with Crippen molar-refractivity contribution in [1.29, 1.82) is 0 Å². The van der Waals surface area contributed by atoms with Crippen LogP contribution in [0.15, 0.2) is 291 Å². The topological polar surface area (TPSA) is 6.48 Å². The molecule has 0 atom stereocenters. The Kier molecular flexibility index (Phi) is 10.8.